The first kappa shape index (κ1) is 17.5. The van der Waals surface area contributed by atoms with Gasteiger partial charge >= 0.3 is 5.97 Å². The van der Waals surface area contributed by atoms with Crippen molar-refractivity contribution in [3.8, 4) is 5.75 Å². The number of carboxylic acid groups (broad SMARTS) is 1. The molecule has 0 bridgehead atoms. The van der Waals surface area contributed by atoms with Gasteiger partial charge in [-0.15, -0.1) is 0 Å². The molecule has 7 heteroatoms. The van der Waals surface area contributed by atoms with Crippen molar-refractivity contribution in [2.45, 2.75) is 25.8 Å². The molecule has 0 unspecified atom stereocenters. The minimum Gasteiger partial charge on any atom is -0.490 e. The van der Waals surface area contributed by atoms with Crippen LogP contribution in [0.5, 0.6) is 5.75 Å². The molecule has 2 aromatic rings. The van der Waals surface area contributed by atoms with Crippen molar-refractivity contribution in [2.75, 3.05) is 18.1 Å². The van der Waals surface area contributed by atoms with Gasteiger partial charge in [0, 0.05) is 18.3 Å². The first-order valence-electron chi connectivity index (χ1n) is 8.00. The van der Waals surface area contributed by atoms with Crippen molar-refractivity contribution >= 4 is 23.3 Å². The lowest BCUT2D eigenvalue weighted by Crippen LogP contribution is -2.34. The zero-order chi connectivity index (χ0) is 18.0. The van der Waals surface area contributed by atoms with Crippen LogP contribution in [0, 0.1) is 12.7 Å². The summed E-state index contributed by atoms with van der Waals surface area (Å²) in [6, 6.07) is 6.21. The maximum Gasteiger partial charge on any atom is 0.338 e. The Balaban J connectivity index is 1.71. The number of hydrogen-bond donors (Lipinski definition) is 1. The van der Waals surface area contributed by atoms with Gasteiger partial charge in [0.2, 0.25) is 0 Å². The number of aromatic nitrogens is 1. The molecule has 0 saturated carbocycles. The van der Waals surface area contributed by atoms with Crippen molar-refractivity contribution in [3.05, 3.63) is 52.6 Å². The summed E-state index contributed by atoms with van der Waals surface area (Å²) < 4.78 is 19.5. The topological polar surface area (TPSA) is 62.7 Å². The van der Waals surface area contributed by atoms with Gasteiger partial charge in [0.25, 0.3) is 0 Å². The molecular formula is C18H18ClFN2O3. The van der Waals surface area contributed by atoms with E-state index in [0.717, 1.165) is 42.9 Å². The Kier molecular flexibility index (Phi) is 5.08. The Morgan fingerprint density at radius 2 is 2.28 bits per heavy atom. The van der Waals surface area contributed by atoms with Crippen LogP contribution in [0.2, 0.25) is 5.02 Å². The molecule has 1 aliphatic rings. The third-order valence-electron chi connectivity index (χ3n) is 4.29. The van der Waals surface area contributed by atoms with Gasteiger partial charge in [-0.3, -0.25) is 4.98 Å². The largest absolute Gasteiger partial charge is 0.490 e. The molecule has 0 aliphatic carbocycles. The van der Waals surface area contributed by atoms with E-state index < -0.39 is 17.3 Å². The summed E-state index contributed by atoms with van der Waals surface area (Å²) in [6.45, 7) is 3.17. The molecule has 0 radical (unpaired) electrons. The molecule has 0 spiro atoms. The van der Waals surface area contributed by atoms with E-state index in [-0.39, 0.29) is 16.8 Å². The average Bonchev–Trinajstić information content (AvgIpc) is 3.04. The van der Waals surface area contributed by atoms with Crippen molar-refractivity contribution in [2.24, 2.45) is 0 Å². The maximum absolute atomic E-state index is 13.8. The zero-order valence-corrected chi connectivity index (χ0v) is 14.5. The van der Waals surface area contributed by atoms with Gasteiger partial charge in [-0.2, -0.15) is 0 Å². The number of anilines is 1. The highest BCUT2D eigenvalue weighted by Crippen LogP contribution is 2.30. The molecular weight excluding hydrogens is 347 g/mol. The number of benzene rings is 1. The van der Waals surface area contributed by atoms with E-state index in [1.165, 1.54) is 0 Å². The van der Waals surface area contributed by atoms with Crippen molar-refractivity contribution < 1.29 is 19.0 Å². The first-order chi connectivity index (χ1) is 12.0. The molecule has 1 N–H and O–H groups in total. The summed E-state index contributed by atoms with van der Waals surface area (Å²) in [7, 11) is 0. The fraction of sp³-hybridized carbons (Fsp3) is 0.333. The number of pyridine rings is 1. The number of halogens is 2. The Hall–Kier alpha value is -2.34. The van der Waals surface area contributed by atoms with Gasteiger partial charge in [0.1, 0.15) is 18.2 Å². The fourth-order valence-electron chi connectivity index (χ4n) is 2.97. The lowest BCUT2D eigenvalue weighted by atomic mass is 10.2. The number of ether oxygens (including phenoxy) is 1. The van der Waals surface area contributed by atoms with Gasteiger partial charge < -0.3 is 14.7 Å². The smallest absolute Gasteiger partial charge is 0.338 e. The quantitative estimate of drug-likeness (QED) is 0.871. The highest BCUT2D eigenvalue weighted by atomic mass is 35.5. The highest BCUT2D eigenvalue weighted by molar-refractivity contribution is 6.32. The van der Waals surface area contributed by atoms with Crippen LogP contribution in [-0.4, -0.2) is 35.3 Å². The highest BCUT2D eigenvalue weighted by Gasteiger charge is 2.26. The van der Waals surface area contributed by atoms with Gasteiger partial charge in [0.15, 0.2) is 0 Å². The predicted molar refractivity (Wildman–Crippen MR) is 93.2 cm³/mol. The second-order valence-electron chi connectivity index (χ2n) is 6.03. The number of carbonyl (C=O) groups is 1. The number of hydrogen-bond acceptors (Lipinski definition) is 4. The van der Waals surface area contributed by atoms with Crippen molar-refractivity contribution in [1.82, 2.24) is 4.98 Å². The first-order valence-corrected chi connectivity index (χ1v) is 8.38. The van der Waals surface area contributed by atoms with Crippen LogP contribution in [0.4, 0.5) is 10.1 Å². The third kappa shape index (κ3) is 3.85. The van der Waals surface area contributed by atoms with E-state index in [0.29, 0.717) is 6.61 Å². The lowest BCUT2D eigenvalue weighted by Gasteiger charge is -2.26. The lowest BCUT2D eigenvalue weighted by molar-refractivity contribution is 0.0692. The standard InChI is InChI=1S/C18H18ClFN2O3/c1-11-4-5-12(9-21-11)22-6-2-3-13(22)10-25-17-8-16(20)14(18(23)24)7-15(17)19/h4-5,7-9,13H,2-3,6,10H2,1H3,(H,23,24)/t13-/m1/s1. The van der Waals surface area contributed by atoms with E-state index in [2.05, 4.69) is 9.88 Å². The molecule has 1 atom stereocenters. The van der Waals surface area contributed by atoms with Crippen LogP contribution in [0.1, 0.15) is 28.9 Å². The number of carboxylic acids is 1. The third-order valence-corrected chi connectivity index (χ3v) is 4.58. The molecule has 0 amide bonds. The van der Waals surface area contributed by atoms with Crippen LogP contribution in [0.25, 0.3) is 0 Å². The maximum atomic E-state index is 13.8. The van der Waals surface area contributed by atoms with Gasteiger partial charge in [-0.05, 0) is 38.0 Å². The van der Waals surface area contributed by atoms with Crippen molar-refractivity contribution in [1.29, 1.82) is 0 Å². The van der Waals surface area contributed by atoms with E-state index >= 15 is 0 Å². The van der Waals surface area contributed by atoms with Crippen LogP contribution < -0.4 is 9.64 Å². The average molecular weight is 365 g/mol. The predicted octanol–water partition coefficient (Wildman–Crippen LogP) is 3.93. The number of aromatic carboxylic acids is 1. The number of aryl methyl sites for hydroxylation is 1. The van der Waals surface area contributed by atoms with Gasteiger partial charge in [-0.1, -0.05) is 11.6 Å². The van der Waals surface area contributed by atoms with Crippen LogP contribution in [0.3, 0.4) is 0 Å². The van der Waals surface area contributed by atoms with Crippen LogP contribution >= 0.6 is 11.6 Å². The fourth-order valence-corrected chi connectivity index (χ4v) is 3.19. The zero-order valence-electron chi connectivity index (χ0n) is 13.7. The van der Waals surface area contributed by atoms with Crippen molar-refractivity contribution in [3.63, 3.8) is 0 Å². The summed E-state index contributed by atoms with van der Waals surface area (Å²) in [5, 5.41) is 9.00. The van der Waals surface area contributed by atoms with Gasteiger partial charge in [-0.25, -0.2) is 9.18 Å². The molecule has 1 saturated heterocycles. The summed E-state index contributed by atoms with van der Waals surface area (Å²) in [6.07, 6.45) is 3.81. The number of rotatable bonds is 5. The number of nitrogens with zero attached hydrogens (tertiary/aromatic N) is 2. The molecule has 1 aromatic carbocycles. The minimum absolute atomic E-state index is 0.0837. The molecule has 132 valence electrons. The Labute approximate surface area is 150 Å². The second-order valence-corrected chi connectivity index (χ2v) is 6.43. The molecule has 1 fully saturated rings. The van der Waals surface area contributed by atoms with E-state index in [1.54, 1.807) is 0 Å². The monoisotopic (exact) mass is 364 g/mol. The molecule has 5 nitrogen and oxygen atoms in total. The van der Waals surface area contributed by atoms with Crippen LogP contribution in [-0.2, 0) is 0 Å². The van der Waals surface area contributed by atoms with E-state index in [4.69, 9.17) is 21.4 Å². The van der Waals surface area contributed by atoms with E-state index in [9.17, 15) is 9.18 Å². The molecule has 1 aromatic heterocycles. The molecule has 2 heterocycles. The SMILES string of the molecule is Cc1ccc(N2CCC[C@@H]2COc2cc(F)c(C(=O)O)cc2Cl)cn1. The summed E-state index contributed by atoms with van der Waals surface area (Å²) in [5.41, 5.74) is 1.51. The summed E-state index contributed by atoms with van der Waals surface area (Å²) >= 11 is 6.02. The normalized spacial score (nSPS) is 16.9. The second kappa shape index (κ2) is 7.27. The molecule has 3 rings (SSSR count). The van der Waals surface area contributed by atoms with E-state index in [1.807, 2.05) is 25.3 Å². The van der Waals surface area contributed by atoms with Gasteiger partial charge in [0.05, 0.1) is 28.5 Å². The molecule has 25 heavy (non-hydrogen) atoms. The Bertz CT molecular complexity index is 783. The summed E-state index contributed by atoms with van der Waals surface area (Å²) in [5.74, 6) is -2.07. The van der Waals surface area contributed by atoms with Crippen LogP contribution in [0.15, 0.2) is 30.5 Å². The summed E-state index contributed by atoms with van der Waals surface area (Å²) in [4.78, 5) is 17.5. The minimum atomic E-state index is -1.36. The molecule has 1 aliphatic heterocycles. The Morgan fingerprint density at radius 3 is 2.96 bits per heavy atom. The Morgan fingerprint density at radius 1 is 1.48 bits per heavy atom.